The molecule has 0 unspecified atom stereocenters. The molecule has 29 heavy (non-hydrogen) atoms. The normalized spacial score (nSPS) is 22.8. The van der Waals surface area contributed by atoms with Crippen molar-refractivity contribution in [2.45, 2.75) is 32.0 Å². The van der Waals surface area contributed by atoms with Gasteiger partial charge in [-0.1, -0.05) is 0 Å². The van der Waals surface area contributed by atoms with Gasteiger partial charge in [0, 0.05) is 24.7 Å². The molecule has 0 saturated carbocycles. The van der Waals surface area contributed by atoms with E-state index in [-0.39, 0.29) is 17.3 Å². The number of likely N-dealkylation sites (N-methyl/N-ethyl adjacent to an activating group) is 1. The minimum absolute atomic E-state index is 0.0513. The lowest BCUT2D eigenvalue weighted by atomic mass is 9.92. The molecule has 156 valence electrons. The number of aryl methyl sites for hydroxylation is 1. The topological polar surface area (TPSA) is 65.4 Å². The molecule has 4 rings (SSSR count). The Morgan fingerprint density at radius 3 is 2.55 bits per heavy atom. The Hall–Kier alpha value is -2.49. The summed E-state index contributed by atoms with van der Waals surface area (Å²) in [6.45, 7) is 4.39. The monoisotopic (exact) mass is 411 g/mol. The lowest BCUT2D eigenvalue weighted by molar-refractivity contribution is -0.140. The van der Waals surface area contributed by atoms with Gasteiger partial charge < -0.3 is 14.9 Å². The Bertz CT molecular complexity index is 936. The molecule has 10 heteroatoms. The van der Waals surface area contributed by atoms with Crippen LogP contribution >= 0.6 is 0 Å². The molecule has 1 aromatic carbocycles. The van der Waals surface area contributed by atoms with E-state index in [4.69, 9.17) is 0 Å². The number of piperidine rings is 1. The van der Waals surface area contributed by atoms with E-state index in [0.717, 1.165) is 32.5 Å². The summed E-state index contributed by atoms with van der Waals surface area (Å²) in [5.41, 5.74) is -1.29. The highest BCUT2D eigenvalue weighted by molar-refractivity contribution is 5.69. The highest BCUT2D eigenvalue weighted by atomic mass is 19.4. The zero-order chi connectivity index (χ0) is 20.9. The van der Waals surface area contributed by atoms with E-state index in [9.17, 15) is 22.7 Å². The molecule has 6 nitrogen and oxygen atoms in total. The molecular formula is C19H21F4N5O. The van der Waals surface area contributed by atoms with E-state index in [1.165, 1.54) is 0 Å². The largest absolute Gasteiger partial charge is 0.507 e. The number of phenolic OH excluding ortho intramolecular Hbond substituents is 1. The molecule has 0 spiro atoms. The summed E-state index contributed by atoms with van der Waals surface area (Å²) in [4.78, 5) is 8.84. The van der Waals surface area contributed by atoms with Crippen LogP contribution in [0.4, 0.5) is 23.5 Å². The van der Waals surface area contributed by atoms with Crippen molar-refractivity contribution in [1.82, 2.24) is 20.1 Å². The molecule has 2 aromatic rings. The Morgan fingerprint density at radius 1 is 1.14 bits per heavy atom. The second-order valence-corrected chi connectivity index (χ2v) is 7.75. The first-order valence-corrected chi connectivity index (χ1v) is 9.41. The maximum absolute atomic E-state index is 14.0. The van der Waals surface area contributed by atoms with Gasteiger partial charge in [-0.25, -0.2) is 9.37 Å². The summed E-state index contributed by atoms with van der Waals surface area (Å²) in [6, 6.07) is 1.28. The Kier molecular flexibility index (Phi) is 4.84. The first-order valence-electron chi connectivity index (χ1n) is 9.41. The quantitative estimate of drug-likeness (QED) is 0.766. The second-order valence-electron chi connectivity index (χ2n) is 7.75. The number of aromatic nitrogens is 3. The highest BCUT2D eigenvalue weighted by Crippen LogP contribution is 2.39. The van der Waals surface area contributed by atoms with Gasteiger partial charge in [-0.2, -0.15) is 13.2 Å². The van der Waals surface area contributed by atoms with Crippen LogP contribution in [0.1, 0.15) is 24.1 Å². The fourth-order valence-electron chi connectivity index (χ4n) is 4.28. The molecular weight excluding hydrogens is 390 g/mol. The molecule has 1 aromatic heterocycles. The van der Waals surface area contributed by atoms with Crippen molar-refractivity contribution in [3.05, 3.63) is 29.2 Å². The van der Waals surface area contributed by atoms with Gasteiger partial charge in [0.05, 0.1) is 11.3 Å². The predicted octanol–water partition coefficient (Wildman–Crippen LogP) is 3.24. The van der Waals surface area contributed by atoms with Crippen LogP contribution in [0.15, 0.2) is 12.1 Å². The van der Waals surface area contributed by atoms with Gasteiger partial charge in [-0.3, -0.25) is 0 Å². The SMILES string of the molecule is Cc1nc(N2CC[C@@H]3CCN(C)C[C@@H]32)nnc1-c1cc(F)c(C(F)(F)F)cc1O. The van der Waals surface area contributed by atoms with Crippen molar-refractivity contribution in [1.29, 1.82) is 0 Å². The summed E-state index contributed by atoms with van der Waals surface area (Å²) in [7, 11) is 2.07. The number of rotatable bonds is 2. The molecule has 0 aliphatic carbocycles. The lowest BCUT2D eigenvalue weighted by Gasteiger charge is -2.36. The van der Waals surface area contributed by atoms with Crippen molar-refractivity contribution in [3.63, 3.8) is 0 Å². The van der Waals surface area contributed by atoms with Crippen LogP contribution in [0.2, 0.25) is 0 Å². The maximum atomic E-state index is 14.0. The third-order valence-corrected chi connectivity index (χ3v) is 5.82. The number of nitrogens with zero attached hydrogens (tertiary/aromatic N) is 5. The molecule has 3 heterocycles. The van der Waals surface area contributed by atoms with Crippen LogP contribution < -0.4 is 4.90 Å². The zero-order valence-electron chi connectivity index (χ0n) is 16.0. The number of anilines is 1. The smallest absolute Gasteiger partial charge is 0.419 e. The number of alkyl halides is 3. The molecule has 0 radical (unpaired) electrons. The van der Waals surface area contributed by atoms with Crippen LogP contribution in [0.5, 0.6) is 5.75 Å². The van der Waals surface area contributed by atoms with Crippen molar-refractivity contribution >= 4 is 5.95 Å². The summed E-state index contributed by atoms with van der Waals surface area (Å²) in [6.07, 6.45) is -2.74. The predicted molar refractivity (Wildman–Crippen MR) is 98.0 cm³/mol. The average Bonchev–Trinajstić information content (AvgIpc) is 3.05. The van der Waals surface area contributed by atoms with Crippen LogP contribution in [0.25, 0.3) is 11.3 Å². The van der Waals surface area contributed by atoms with Crippen molar-refractivity contribution in [3.8, 4) is 17.0 Å². The van der Waals surface area contributed by atoms with Crippen LogP contribution in [-0.4, -0.2) is 57.9 Å². The van der Waals surface area contributed by atoms with E-state index >= 15 is 0 Å². The number of aromatic hydroxyl groups is 1. The van der Waals surface area contributed by atoms with Crippen LogP contribution in [0.3, 0.4) is 0 Å². The fraction of sp³-hybridized carbons (Fsp3) is 0.526. The number of fused-ring (bicyclic) bond motifs is 1. The summed E-state index contributed by atoms with van der Waals surface area (Å²) in [5, 5.41) is 18.3. The highest BCUT2D eigenvalue weighted by Gasteiger charge is 2.39. The Balaban J connectivity index is 1.66. The van der Waals surface area contributed by atoms with Crippen molar-refractivity contribution < 1.29 is 22.7 Å². The van der Waals surface area contributed by atoms with Gasteiger partial charge in [-0.15, -0.1) is 10.2 Å². The van der Waals surface area contributed by atoms with Gasteiger partial charge in [0.25, 0.3) is 0 Å². The van der Waals surface area contributed by atoms with Gasteiger partial charge in [0.1, 0.15) is 17.3 Å². The van der Waals surface area contributed by atoms with Crippen molar-refractivity contribution in [2.75, 3.05) is 31.6 Å². The molecule has 0 amide bonds. The number of phenols is 1. The summed E-state index contributed by atoms with van der Waals surface area (Å²) in [5.74, 6) is -1.19. The maximum Gasteiger partial charge on any atom is 0.419 e. The lowest BCUT2D eigenvalue weighted by Crippen LogP contribution is -2.47. The van der Waals surface area contributed by atoms with Crippen molar-refractivity contribution in [2.24, 2.45) is 5.92 Å². The van der Waals surface area contributed by atoms with Gasteiger partial charge in [0.2, 0.25) is 5.95 Å². The van der Waals surface area contributed by atoms with E-state index < -0.39 is 23.3 Å². The van der Waals surface area contributed by atoms with E-state index in [1.807, 2.05) is 0 Å². The van der Waals surface area contributed by atoms with Gasteiger partial charge in [-0.05, 0) is 51.4 Å². The second kappa shape index (κ2) is 7.08. The Morgan fingerprint density at radius 2 is 1.86 bits per heavy atom. The number of halogens is 4. The molecule has 2 aliphatic rings. The van der Waals surface area contributed by atoms with Gasteiger partial charge in [0.15, 0.2) is 0 Å². The fourth-order valence-corrected chi connectivity index (χ4v) is 4.28. The third-order valence-electron chi connectivity index (χ3n) is 5.82. The standard InChI is InChI=1S/C19H21F4N5O/c1-10-17(12-7-14(20)13(8-16(12)29)19(21,22)23)25-26-18(24-10)28-6-4-11-3-5-27(2)9-15(11)28/h7-8,11,15,29H,3-6,9H2,1-2H3/t11-,15-/m0/s1. The Labute approximate surface area is 165 Å². The van der Waals surface area contributed by atoms with E-state index in [1.54, 1.807) is 6.92 Å². The minimum Gasteiger partial charge on any atom is -0.507 e. The first-order chi connectivity index (χ1) is 13.6. The molecule has 1 N–H and O–H groups in total. The number of hydrogen-bond donors (Lipinski definition) is 1. The zero-order valence-corrected chi connectivity index (χ0v) is 16.0. The van der Waals surface area contributed by atoms with Crippen LogP contribution in [0, 0.1) is 18.7 Å². The molecule has 2 saturated heterocycles. The van der Waals surface area contributed by atoms with E-state index in [0.29, 0.717) is 29.7 Å². The molecule has 2 atom stereocenters. The van der Waals surface area contributed by atoms with Gasteiger partial charge >= 0.3 is 6.18 Å². The minimum atomic E-state index is -4.90. The average molecular weight is 411 g/mol. The van der Waals surface area contributed by atoms with E-state index in [2.05, 4.69) is 32.0 Å². The number of hydrogen-bond acceptors (Lipinski definition) is 6. The third kappa shape index (κ3) is 3.61. The molecule has 0 bridgehead atoms. The number of likely N-dealkylation sites (tertiary alicyclic amines) is 1. The number of benzene rings is 1. The summed E-state index contributed by atoms with van der Waals surface area (Å²) >= 11 is 0. The molecule has 2 fully saturated rings. The first kappa shape index (κ1) is 19.8. The summed E-state index contributed by atoms with van der Waals surface area (Å²) < 4.78 is 52.5. The molecule has 2 aliphatic heterocycles. The van der Waals surface area contributed by atoms with Crippen LogP contribution in [-0.2, 0) is 6.18 Å².